The first-order chi connectivity index (χ1) is 12.8. The topological polar surface area (TPSA) is 82.1 Å². The Bertz CT molecular complexity index is 668. The Kier molecular flexibility index (Phi) is 7.24. The molecule has 1 aromatic rings. The lowest BCUT2D eigenvalue weighted by Crippen LogP contribution is -2.63. The predicted molar refractivity (Wildman–Crippen MR) is 109 cm³/mol. The van der Waals surface area contributed by atoms with Gasteiger partial charge >= 0.3 is 12.0 Å². The largest absolute Gasteiger partial charge is 0.495 e. The van der Waals surface area contributed by atoms with Gasteiger partial charge in [0.15, 0.2) is 0 Å². The van der Waals surface area contributed by atoms with Crippen LogP contribution in [0.4, 0.5) is 10.5 Å². The van der Waals surface area contributed by atoms with E-state index < -0.39 is 12.0 Å². The molecule has 0 aromatic heterocycles. The number of ether oxygens (including phenoxy) is 1. The predicted octanol–water partition coefficient (Wildman–Crippen LogP) is 2.51. The van der Waals surface area contributed by atoms with Crippen LogP contribution >= 0.6 is 11.8 Å². The van der Waals surface area contributed by atoms with E-state index in [9.17, 15) is 14.7 Å². The van der Waals surface area contributed by atoms with Gasteiger partial charge in [0, 0.05) is 19.6 Å². The Morgan fingerprint density at radius 3 is 2.63 bits per heavy atom. The molecule has 0 spiro atoms. The molecule has 1 unspecified atom stereocenters. The molecule has 2 amide bonds. The molecule has 1 aliphatic heterocycles. The molecule has 1 fully saturated rings. The fraction of sp³-hybridized carbons (Fsp3) is 0.579. The van der Waals surface area contributed by atoms with Gasteiger partial charge < -0.3 is 25.0 Å². The number of benzene rings is 1. The normalized spacial score (nSPS) is 17.3. The molecule has 0 aliphatic carbocycles. The number of thioether (sulfide) groups is 1. The minimum absolute atomic E-state index is 0.317. The van der Waals surface area contributed by atoms with Gasteiger partial charge in [0.05, 0.1) is 18.3 Å². The molecule has 1 aliphatic rings. The number of methoxy groups -OCH3 is 1. The van der Waals surface area contributed by atoms with E-state index in [0.717, 1.165) is 11.4 Å². The van der Waals surface area contributed by atoms with Crippen LogP contribution in [0.15, 0.2) is 24.3 Å². The van der Waals surface area contributed by atoms with Crippen molar-refractivity contribution in [1.82, 2.24) is 10.2 Å². The molecule has 2 rings (SSSR count). The number of para-hydroxylation sites is 2. The third kappa shape index (κ3) is 5.22. The van der Waals surface area contributed by atoms with E-state index in [1.807, 2.05) is 30.5 Å². The maximum absolute atomic E-state index is 12.6. The molecule has 0 radical (unpaired) electrons. The van der Waals surface area contributed by atoms with Crippen LogP contribution in [0.5, 0.6) is 5.75 Å². The zero-order valence-corrected chi connectivity index (χ0v) is 17.2. The summed E-state index contributed by atoms with van der Waals surface area (Å²) in [7, 11) is 1.65. The van der Waals surface area contributed by atoms with Crippen LogP contribution in [0.1, 0.15) is 20.3 Å². The first kappa shape index (κ1) is 21.2. The van der Waals surface area contributed by atoms with Crippen LogP contribution in [0.25, 0.3) is 0 Å². The highest BCUT2D eigenvalue weighted by atomic mass is 32.2. The maximum Gasteiger partial charge on any atom is 0.326 e. The van der Waals surface area contributed by atoms with Gasteiger partial charge in [-0.25, -0.2) is 9.59 Å². The van der Waals surface area contributed by atoms with E-state index in [4.69, 9.17) is 4.74 Å². The molecule has 1 heterocycles. The van der Waals surface area contributed by atoms with Gasteiger partial charge in [0.25, 0.3) is 0 Å². The number of anilines is 1. The number of hydrogen-bond acceptors (Lipinski definition) is 5. The second-order valence-electron chi connectivity index (χ2n) is 7.18. The lowest BCUT2D eigenvalue weighted by Gasteiger charge is -2.48. The zero-order chi connectivity index (χ0) is 20.0. The van der Waals surface area contributed by atoms with Crippen molar-refractivity contribution >= 4 is 29.4 Å². The first-order valence-corrected chi connectivity index (χ1v) is 10.4. The minimum Gasteiger partial charge on any atom is -0.495 e. The number of urea groups is 1. The van der Waals surface area contributed by atoms with Gasteiger partial charge in [-0.05, 0) is 44.4 Å². The quantitative estimate of drug-likeness (QED) is 0.738. The summed E-state index contributed by atoms with van der Waals surface area (Å²) in [6.07, 6.45) is 2.33. The van der Waals surface area contributed by atoms with Crippen molar-refractivity contribution in [2.75, 3.05) is 43.7 Å². The van der Waals surface area contributed by atoms with Crippen LogP contribution in [0, 0.1) is 0 Å². The zero-order valence-electron chi connectivity index (χ0n) is 16.4. The second-order valence-corrected chi connectivity index (χ2v) is 8.16. The number of carboxylic acid groups (broad SMARTS) is 1. The number of nitrogens with zero attached hydrogens (tertiary/aromatic N) is 2. The molecule has 7 nitrogen and oxygen atoms in total. The Morgan fingerprint density at radius 2 is 2.04 bits per heavy atom. The van der Waals surface area contributed by atoms with Gasteiger partial charge in [-0.15, -0.1) is 0 Å². The summed E-state index contributed by atoms with van der Waals surface area (Å²) in [5.74, 6) is 0.487. The van der Waals surface area contributed by atoms with Crippen molar-refractivity contribution in [3.8, 4) is 5.75 Å². The average Bonchev–Trinajstić information content (AvgIpc) is 2.63. The van der Waals surface area contributed by atoms with Crippen molar-refractivity contribution < 1.29 is 19.4 Å². The van der Waals surface area contributed by atoms with Gasteiger partial charge in [-0.2, -0.15) is 11.8 Å². The summed E-state index contributed by atoms with van der Waals surface area (Å²) < 4.78 is 5.48. The fourth-order valence-electron chi connectivity index (χ4n) is 3.36. The SMILES string of the molecule is COc1ccccc1N1CCN(C(=O)NC(CCSC)C(=O)O)CC1(C)C. The Balaban J connectivity index is 2.07. The number of carboxylic acids is 1. The summed E-state index contributed by atoms with van der Waals surface area (Å²) in [6, 6.07) is 6.65. The molecular formula is C19H29N3O4S. The molecule has 27 heavy (non-hydrogen) atoms. The maximum atomic E-state index is 12.6. The molecule has 8 heteroatoms. The van der Waals surface area contributed by atoms with Gasteiger partial charge in [0.2, 0.25) is 0 Å². The van der Waals surface area contributed by atoms with E-state index in [1.165, 1.54) is 0 Å². The molecule has 0 saturated carbocycles. The molecule has 0 bridgehead atoms. The van der Waals surface area contributed by atoms with E-state index in [1.54, 1.807) is 23.8 Å². The highest BCUT2D eigenvalue weighted by Gasteiger charge is 2.37. The van der Waals surface area contributed by atoms with E-state index in [-0.39, 0.29) is 11.6 Å². The van der Waals surface area contributed by atoms with Crippen LogP contribution in [0.2, 0.25) is 0 Å². The number of hydrogen-bond donors (Lipinski definition) is 2. The lowest BCUT2D eigenvalue weighted by molar-refractivity contribution is -0.139. The summed E-state index contributed by atoms with van der Waals surface area (Å²) >= 11 is 1.56. The highest BCUT2D eigenvalue weighted by Crippen LogP contribution is 2.34. The highest BCUT2D eigenvalue weighted by molar-refractivity contribution is 7.98. The van der Waals surface area contributed by atoms with Gasteiger partial charge in [0.1, 0.15) is 11.8 Å². The number of carbonyl (C=O) groups is 2. The number of piperazine rings is 1. The summed E-state index contributed by atoms with van der Waals surface area (Å²) in [5.41, 5.74) is 0.677. The second kappa shape index (κ2) is 9.21. The van der Waals surface area contributed by atoms with Crippen molar-refractivity contribution in [1.29, 1.82) is 0 Å². The number of carbonyl (C=O) groups excluding carboxylic acids is 1. The average molecular weight is 396 g/mol. The first-order valence-electron chi connectivity index (χ1n) is 8.98. The van der Waals surface area contributed by atoms with Crippen LogP contribution < -0.4 is 15.0 Å². The van der Waals surface area contributed by atoms with Crippen LogP contribution in [0.3, 0.4) is 0 Å². The number of amides is 2. The lowest BCUT2D eigenvalue weighted by atomic mass is 9.97. The van der Waals surface area contributed by atoms with Crippen molar-refractivity contribution in [3.05, 3.63) is 24.3 Å². The number of aliphatic carboxylic acids is 1. The third-order valence-corrected chi connectivity index (χ3v) is 5.42. The Hall–Kier alpha value is -2.09. The minimum atomic E-state index is -0.996. The third-order valence-electron chi connectivity index (χ3n) is 4.77. The molecule has 1 aromatic carbocycles. The Labute approximate surface area is 165 Å². The molecule has 1 saturated heterocycles. The monoisotopic (exact) mass is 395 g/mol. The molecule has 150 valence electrons. The van der Waals surface area contributed by atoms with Crippen LogP contribution in [-0.4, -0.2) is 72.3 Å². The van der Waals surface area contributed by atoms with Crippen molar-refractivity contribution in [2.45, 2.75) is 31.8 Å². The number of rotatable bonds is 7. The van der Waals surface area contributed by atoms with E-state index in [2.05, 4.69) is 24.1 Å². The summed E-state index contributed by atoms with van der Waals surface area (Å²) in [6.45, 7) is 5.79. The van der Waals surface area contributed by atoms with Crippen molar-refractivity contribution in [2.24, 2.45) is 0 Å². The molecule has 1 atom stereocenters. The standard InChI is InChI=1S/C19H29N3O4S/c1-19(2)13-21(18(25)20-14(17(23)24)9-12-27-4)10-11-22(19)15-7-5-6-8-16(15)26-3/h5-8,14H,9-13H2,1-4H3,(H,20,25)(H,23,24). The van der Waals surface area contributed by atoms with Gasteiger partial charge in [-0.1, -0.05) is 12.1 Å². The summed E-state index contributed by atoms with van der Waals surface area (Å²) in [4.78, 5) is 28.0. The molecular weight excluding hydrogens is 366 g/mol. The van der Waals surface area contributed by atoms with Crippen LogP contribution in [-0.2, 0) is 4.79 Å². The van der Waals surface area contributed by atoms with E-state index >= 15 is 0 Å². The smallest absolute Gasteiger partial charge is 0.326 e. The Morgan fingerprint density at radius 1 is 1.33 bits per heavy atom. The summed E-state index contributed by atoms with van der Waals surface area (Å²) in [5, 5.41) is 12.0. The fourth-order valence-corrected chi connectivity index (χ4v) is 3.83. The van der Waals surface area contributed by atoms with Crippen molar-refractivity contribution in [3.63, 3.8) is 0 Å². The van der Waals surface area contributed by atoms with Gasteiger partial charge in [-0.3, -0.25) is 0 Å². The number of nitrogens with one attached hydrogen (secondary N) is 1. The van der Waals surface area contributed by atoms with E-state index in [0.29, 0.717) is 31.8 Å². The molecule has 2 N–H and O–H groups in total.